The molecule has 0 saturated carbocycles. The lowest BCUT2D eigenvalue weighted by molar-refractivity contribution is 0.130. The average molecular weight is 410 g/mol. The highest BCUT2D eigenvalue weighted by atomic mass is 16.5. The summed E-state index contributed by atoms with van der Waals surface area (Å²) in [7, 11) is 0. The summed E-state index contributed by atoms with van der Waals surface area (Å²) < 4.78 is 11.3. The van der Waals surface area contributed by atoms with Crippen LogP contribution in [0.3, 0.4) is 0 Å². The van der Waals surface area contributed by atoms with Crippen LogP contribution in [0.5, 0.6) is 5.75 Å². The smallest absolute Gasteiger partial charge is 0.138 e. The number of pyridine rings is 1. The molecule has 1 aromatic carbocycles. The summed E-state index contributed by atoms with van der Waals surface area (Å²) in [6.07, 6.45) is 16.9. The number of aromatic nitrogens is 1. The summed E-state index contributed by atoms with van der Waals surface area (Å²) >= 11 is 0. The number of benzene rings is 1. The van der Waals surface area contributed by atoms with Crippen LogP contribution in [0.1, 0.15) is 70.8 Å². The first kappa shape index (κ1) is 24.1. The Morgan fingerprint density at radius 1 is 0.800 bits per heavy atom. The molecule has 2 aromatic rings. The van der Waals surface area contributed by atoms with E-state index >= 15 is 0 Å². The van der Waals surface area contributed by atoms with Gasteiger partial charge in [-0.2, -0.15) is 0 Å². The monoisotopic (exact) mass is 409 g/mol. The first-order valence-corrected chi connectivity index (χ1v) is 11.7. The zero-order valence-corrected chi connectivity index (χ0v) is 18.9. The average Bonchev–Trinajstić information content (AvgIpc) is 2.79. The topological polar surface area (TPSA) is 31.4 Å². The van der Waals surface area contributed by atoms with Crippen LogP contribution in [0, 0.1) is 0 Å². The summed E-state index contributed by atoms with van der Waals surface area (Å²) in [6, 6.07) is 12.8. The summed E-state index contributed by atoms with van der Waals surface area (Å²) in [5, 5.41) is 0. The first-order valence-electron chi connectivity index (χ1n) is 11.7. The van der Waals surface area contributed by atoms with Crippen molar-refractivity contribution in [3.63, 3.8) is 0 Å². The molecular formula is C27H39NO2. The standard InChI is InChI=1S/C27H39NO2/c1-3-5-6-7-8-12-22-30-26-18-19-27(28-23-26)25-16-14-24(15-17-25)13-10-9-11-21-29-20-4-2/h8,12,14-19,23H,3-7,9-11,13,20-22H2,1-2H3. The maximum atomic E-state index is 5.75. The van der Waals surface area contributed by atoms with E-state index in [9.17, 15) is 0 Å². The fourth-order valence-corrected chi connectivity index (χ4v) is 3.28. The van der Waals surface area contributed by atoms with Gasteiger partial charge >= 0.3 is 0 Å². The number of hydrogen-bond acceptors (Lipinski definition) is 3. The third-order valence-corrected chi connectivity index (χ3v) is 5.08. The van der Waals surface area contributed by atoms with Gasteiger partial charge in [-0.3, -0.25) is 4.98 Å². The van der Waals surface area contributed by atoms with Crippen molar-refractivity contribution >= 4 is 0 Å². The third-order valence-electron chi connectivity index (χ3n) is 5.08. The van der Waals surface area contributed by atoms with Gasteiger partial charge < -0.3 is 9.47 Å². The predicted octanol–water partition coefficient (Wildman–Crippen LogP) is 7.40. The Kier molecular flexibility index (Phi) is 12.6. The Morgan fingerprint density at radius 2 is 1.67 bits per heavy atom. The van der Waals surface area contributed by atoms with Crippen molar-refractivity contribution in [2.75, 3.05) is 19.8 Å². The summed E-state index contributed by atoms with van der Waals surface area (Å²) in [5.74, 6) is 0.816. The molecule has 0 atom stereocenters. The van der Waals surface area contributed by atoms with Crippen LogP contribution in [0.4, 0.5) is 0 Å². The van der Waals surface area contributed by atoms with Crippen LogP contribution in [0.25, 0.3) is 11.3 Å². The quantitative estimate of drug-likeness (QED) is 0.214. The molecule has 3 nitrogen and oxygen atoms in total. The Morgan fingerprint density at radius 3 is 2.40 bits per heavy atom. The van der Waals surface area contributed by atoms with Crippen molar-refractivity contribution in [1.82, 2.24) is 4.98 Å². The lowest BCUT2D eigenvalue weighted by atomic mass is 10.0. The molecular weight excluding hydrogens is 370 g/mol. The fraction of sp³-hybridized carbons (Fsp3) is 0.519. The van der Waals surface area contributed by atoms with Gasteiger partial charge in [-0.25, -0.2) is 0 Å². The van der Waals surface area contributed by atoms with E-state index < -0.39 is 0 Å². The van der Waals surface area contributed by atoms with E-state index in [1.165, 1.54) is 37.7 Å². The maximum Gasteiger partial charge on any atom is 0.138 e. The molecule has 0 aliphatic carbocycles. The molecule has 0 N–H and O–H groups in total. The van der Waals surface area contributed by atoms with Crippen LogP contribution in [-0.4, -0.2) is 24.8 Å². The van der Waals surface area contributed by atoms with Crippen molar-refractivity contribution in [1.29, 1.82) is 0 Å². The fourth-order valence-electron chi connectivity index (χ4n) is 3.28. The minimum absolute atomic E-state index is 0.604. The van der Waals surface area contributed by atoms with Crippen molar-refractivity contribution in [2.24, 2.45) is 0 Å². The van der Waals surface area contributed by atoms with Crippen molar-refractivity contribution in [3.05, 3.63) is 60.3 Å². The Balaban J connectivity index is 1.69. The molecule has 164 valence electrons. The highest BCUT2D eigenvalue weighted by molar-refractivity contribution is 5.59. The van der Waals surface area contributed by atoms with Crippen LogP contribution in [-0.2, 0) is 11.2 Å². The van der Waals surface area contributed by atoms with Gasteiger partial charge in [0.05, 0.1) is 11.9 Å². The number of nitrogens with zero attached hydrogens (tertiary/aromatic N) is 1. The molecule has 0 fully saturated rings. The Bertz CT molecular complexity index is 692. The molecule has 0 aliphatic rings. The second-order valence-corrected chi connectivity index (χ2v) is 7.78. The summed E-state index contributed by atoms with van der Waals surface area (Å²) in [5.41, 5.74) is 3.52. The largest absolute Gasteiger partial charge is 0.488 e. The molecule has 0 saturated heterocycles. The molecule has 0 unspecified atom stereocenters. The van der Waals surface area contributed by atoms with Crippen LogP contribution in [0.15, 0.2) is 54.7 Å². The number of allylic oxidation sites excluding steroid dienone is 1. The van der Waals surface area contributed by atoms with Crippen molar-refractivity contribution in [2.45, 2.75) is 71.6 Å². The van der Waals surface area contributed by atoms with Gasteiger partial charge in [0.1, 0.15) is 12.4 Å². The summed E-state index contributed by atoms with van der Waals surface area (Å²) in [6.45, 7) is 6.76. The van der Waals surface area contributed by atoms with Gasteiger partial charge in [-0.05, 0) is 56.2 Å². The van der Waals surface area contributed by atoms with E-state index in [0.29, 0.717) is 6.61 Å². The van der Waals surface area contributed by atoms with E-state index in [1.54, 1.807) is 0 Å². The molecule has 0 bridgehead atoms. The van der Waals surface area contributed by atoms with Crippen LogP contribution in [0.2, 0.25) is 0 Å². The van der Waals surface area contributed by atoms with E-state index in [4.69, 9.17) is 9.47 Å². The minimum Gasteiger partial charge on any atom is -0.488 e. The number of rotatable bonds is 16. The highest BCUT2D eigenvalue weighted by Crippen LogP contribution is 2.21. The lowest BCUT2D eigenvalue weighted by Crippen LogP contribution is -1.96. The van der Waals surface area contributed by atoms with E-state index in [-0.39, 0.29) is 0 Å². The zero-order chi connectivity index (χ0) is 21.3. The van der Waals surface area contributed by atoms with Crippen molar-refractivity contribution < 1.29 is 9.47 Å². The van der Waals surface area contributed by atoms with E-state index in [2.05, 4.69) is 55.2 Å². The number of ether oxygens (including phenoxy) is 2. The van der Waals surface area contributed by atoms with E-state index in [1.807, 2.05) is 18.3 Å². The molecule has 0 spiro atoms. The minimum atomic E-state index is 0.604. The molecule has 3 heteroatoms. The second-order valence-electron chi connectivity index (χ2n) is 7.78. The highest BCUT2D eigenvalue weighted by Gasteiger charge is 2.01. The first-order chi connectivity index (χ1) is 14.8. The van der Waals surface area contributed by atoms with Crippen LogP contribution < -0.4 is 4.74 Å². The normalized spacial score (nSPS) is 11.3. The zero-order valence-electron chi connectivity index (χ0n) is 18.9. The van der Waals surface area contributed by atoms with Crippen LogP contribution >= 0.6 is 0 Å². The van der Waals surface area contributed by atoms with Gasteiger partial charge in [0, 0.05) is 18.8 Å². The number of unbranched alkanes of at least 4 members (excludes halogenated alkanes) is 5. The van der Waals surface area contributed by atoms with Crippen molar-refractivity contribution in [3.8, 4) is 17.0 Å². The van der Waals surface area contributed by atoms with Gasteiger partial charge in [-0.1, -0.05) is 69.5 Å². The molecule has 0 radical (unpaired) electrons. The predicted molar refractivity (Wildman–Crippen MR) is 127 cm³/mol. The Labute approximate surface area is 183 Å². The molecule has 30 heavy (non-hydrogen) atoms. The van der Waals surface area contributed by atoms with Gasteiger partial charge in [0.15, 0.2) is 0 Å². The maximum absolute atomic E-state index is 5.75. The summed E-state index contributed by atoms with van der Waals surface area (Å²) in [4.78, 5) is 4.57. The Hall–Kier alpha value is -2.13. The van der Waals surface area contributed by atoms with E-state index in [0.717, 1.165) is 55.9 Å². The lowest BCUT2D eigenvalue weighted by Gasteiger charge is -2.07. The molecule has 0 amide bonds. The van der Waals surface area contributed by atoms with Gasteiger partial charge in [0.25, 0.3) is 0 Å². The SMILES string of the molecule is CCCCCC=CCOc1ccc(-c2ccc(CCCCCOCCC)cc2)nc1. The van der Waals surface area contributed by atoms with Gasteiger partial charge in [-0.15, -0.1) is 0 Å². The molecule has 0 aliphatic heterocycles. The van der Waals surface area contributed by atoms with Gasteiger partial charge in [0.2, 0.25) is 0 Å². The molecule has 1 aromatic heterocycles. The molecule has 1 heterocycles. The second kappa shape index (κ2) is 15.7. The molecule has 2 rings (SSSR count). The number of hydrogen-bond donors (Lipinski definition) is 0. The number of aryl methyl sites for hydroxylation is 1. The third kappa shape index (κ3) is 10.1.